The summed E-state index contributed by atoms with van der Waals surface area (Å²) in [5, 5.41) is 2.12. The molecule has 0 aliphatic rings. The molecule has 1 unspecified atom stereocenters. The summed E-state index contributed by atoms with van der Waals surface area (Å²) in [6.45, 7) is 3.73. The van der Waals surface area contributed by atoms with Crippen molar-refractivity contribution in [3.05, 3.63) is 56.2 Å². The molecule has 0 fully saturated rings. The lowest BCUT2D eigenvalue weighted by Gasteiger charge is -2.27. The van der Waals surface area contributed by atoms with E-state index in [1.165, 1.54) is 16.0 Å². The molecule has 1 atom stereocenters. The Bertz CT molecular complexity index is 536. The molecule has 0 spiro atoms. The number of nitrogens with two attached hydrogens (primary N) is 1. The smallest absolute Gasteiger partial charge is 0.0471 e. The Morgan fingerprint density at radius 1 is 1.30 bits per heavy atom. The van der Waals surface area contributed by atoms with Gasteiger partial charge in [-0.25, -0.2) is 0 Å². The lowest BCUT2D eigenvalue weighted by Crippen LogP contribution is -2.29. The van der Waals surface area contributed by atoms with Gasteiger partial charge in [-0.15, -0.1) is 11.3 Å². The van der Waals surface area contributed by atoms with Crippen LogP contribution >= 0.6 is 27.3 Å². The molecule has 1 aromatic carbocycles. The first kappa shape index (κ1) is 15.7. The van der Waals surface area contributed by atoms with Crippen LogP contribution in [0, 0.1) is 0 Å². The minimum atomic E-state index is 0.266. The average Bonchev–Trinajstić information content (AvgIpc) is 2.85. The van der Waals surface area contributed by atoms with Crippen molar-refractivity contribution in [2.45, 2.75) is 25.9 Å². The van der Waals surface area contributed by atoms with Crippen molar-refractivity contribution in [1.29, 1.82) is 0 Å². The molecule has 2 nitrogen and oxygen atoms in total. The highest BCUT2D eigenvalue weighted by Crippen LogP contribution is 2.25. The predicted octanol–water partition coefficient (Wildman–Crippen LogP) is 4.20. The molecular formula is C16H21BrN2S. The number of likely N-dealkylation sites (N-methyl/N-ethyl adjacent to an activating group) is 1. The van der Waals surface area contributed by atoms with Gasteiger partial charge in [0.25, 0.3) is 0 Å². The van der Waals surface area contributed by atoms with Crippen molar-refractivity contribution in [3.8, 4) is 0 Å². The van der Waals surface area contributed by atoms with Crippen LogP contribution in [0.1, 0.15) is 29.0 Å². The summed E-state index contributed by atoms with van der Waals surface area (Å²) < 4.78 is 1.16. The van der Waals surface area contributed by atoms with Gasteiger partial charge < -0.3 is 5.73 Å². The zero-order chi connectivity index (χ0) is 14.5. The summed E-state index contributed by atoms with van der Waals surface area (Å²) in [6, 6.07) is 11.3. The molecule has 20 heavy (non-hydrogen) atoms. The van der Waals surface area contributed by atoms with Crippen LogP contribution in [0.5, 0.6) is 0 Å². The maximum Gasteiger partial charge on any atom is 0.0471 e. The minimum Gasteiger partial charge on any atom is -0.329 e. The SMILES string of the molecule is CCc1ccc(C(CN)N(C)Cc2cc(Br)cs2)cc1. The molecule has 1 aromatic heterocycles. The number of hydrogen-bond acceptors (Lipinski definition) is 3. The molecule has 108 valence electrons. The second kappa shape index (κ2) is 7.36. The molecule has 2 N–H and O–H groups in total. The van der Waals surface area contributed by atoms with Crippen LogP contribution in [0.15, 0.2) is 40.2 Å². The van der Waals surface area contributed by atoms with E-state index < -0.39 is 0 Å². The molecule has 2 rings (SSSR count). The van der Waals surface area contributed by atoms with Crippen LogP contribution in [-0.2, 0) is 13.0 Å². The molecule has 1 heterocycles. The van der Waals surface area contributed by atoms with Gasteiger partial charge in [0.05, 0.1) is 0 Å². The zero-order valence-corrected chi connectivity index (χ0v) is 14.4. The summed E-state index contributed by atoms with van der Waals surface area (Å²) in [6.07, 6.45) is 1.08. The predicted molar refractivity (Wildman–Crippen MR) is 91.1 cm³/mol. The van der Waals surface area contributed by atoms with Crippen LogP contribution in [-0.4, -0.2) is 18.5 Å². The van der Waals surface area contributed by atoms with E-state index in [1.54, 1.807) is 11.3 Å². The van der Waals surface area contributed by atoms with Gasteiger partial charge in [0.2, 0.25) is 0 Å². The average molecular weight is 353 g/mol. The molecule has 2 aromatic rings. The third kappa shape index (κ3) is 3.92. The van der Waals surface area contributed by atoms with Gasteiger partial charge in [0, 0.05) is 33.9 Å². The first-order valence-corrected chi connectivity index (χ1v) is 8.53. The van der Waals surface area contributed by atoms with E-state index in [1.807, 2.05) is 0 Å². The topological polar surface area (TPSA) is 29.3 Å². The third-order valence-electron chi connectivity index (χ3n) is 3.56. The maximum absolute atomic E-state index is 5.99. The lowest BCUT2D eigenvalue weighted by atomic mass is 10.0. The summed E-state index contributed by atoms with van der Waals surface area (Å²) in [7, 11) is 2.14. The van der Waals surface area contributed by atoms with E-state index in [9.17, 15) is 0 Å². The second-order valence-electron chi connectivity index (χ2n) is 4.99. The highest BCUT2D eigenvalue weighted by atomic mass is 79.9. The van der Waals surface area contributed by atoms with Gasteiger partial charge in [-0.3, -0.25) is 4.90 Å². The maximum atomic E-state index is 5.99. The van der Waals surface area contributed by atoms with E-state index in [0.29, 0.717) is 6.54 Å². The van der Waals surface area contributed by atoms with Crippen LogP contribution < -0.4 is 5.73 Å². The summed E-state index contributed by atoms with van der Waals surface area (Å²) in [5.41, 5.74) is 8.65. The number of hydrogen-bond donors (Lipinski definition) is 1. The van der Waals surface area contributed by atoms with Crippen molar-refractivity contribution in [3.63, 3.8) is 0 Å². The normalized spacial score (nSPS) is 12.8. The minimum absolute atomic E-state index is 0.266. The molecule has 0 aliphatic heterocycles. The van der Waals surface area contributed by atoms with Crippen LogP contribution in [0.2, 0.25) is 0 Å². The monoisotopic (exact) mass is 352 g/mol. The van der Waals surface area contributed by atoms with Gasteiger partial charge in [-0.2, -0.15) is 0 Å². The van der Waals surface area contributed by atoms with E-state index in [-0.39, 0.29) is 6.04 Å². The molecular weight excluding hydrogens is 332 g/mol. The van der Waals surface area contributed by atoms with Crippen LogP contribution in [0.25, 0.3) is 0 Å². The van der Waals surface area contributed by atoms with Gasteiger partial charge in [0.15, 0.2) is 0 Å². The Hall–Kier alpha value is -0.680. The highest BCUT2D eigenvalue weighted by Gasteiger charge is 2.16. The Morgan fingerprint density at radius 2 is 2.00 bits per heavy atom. The summed E-state index contributed by atoms with van der Waals surface area (Å²) >= 11 is 5.28. The quantitative estimate of drug-likeness (QED) is 0.843. The van der Waals surface area contributed by atoms with Crippen molar-refractivity contribution < 1.29 is 0 Å². The molecule has 0 amide bonds. The number of rotatable bonds is 6. The van der Waals surface area contributed by atoms with E-state index in [0.717, 1.165) is 17.4 Å². The van der Waals surface area contributed by atoms with Crippen molar-refractivity contribution >= 4 is 27.3 Å². The fourth-order valence-corrected chi connectivity index (χ4v) is 3.85. The summed E-state index contributed by atoms with van der Waals surface area (Å²) in [5.74, 6) is 0. The van der Waals surface area contributed by atoms with Gasteiger partial charge in [-0.1, -0.05) is 31.2 Å². The number of halogens is 1. The van der Waals surface area contributed by atoms with E-state index in [4.69, 9.17) is 5.73 Å². The van der Waals surface area contributed by atoms with E-state index in [2.05, 4.69) is 70.5 Å². The Labute approximate surface area is 133 Å². The highest BCUT2D eigenvalue weighted by molar-refractivity contribution is 9.10. The van der Waals surface area contributed by atoms with Crippen molar-refractivity contribution in [1.82, 2.24) is 4.90 Å². The van der Waals surface area contributed by atoms with Crippen molar-refractivity contribution in [2.24, 2.45) is 5.73 Å². The van der Waals surface area contributed by atoms with Crippen LogP contribution in [0.4, 0.5) is 0 Å². The number of aryl methyl sites for hydroxylation is 1. The Morgan fingerprint density at radius 3 is 2.50 bits per heavy atom. The molecule has 0 aliphatic carbocycles. The molecule has 0 saturated carbocycles. The summed E-state index contributed by atoms with van der Waals surface area (Å²) in [4.78, 5) is 3.67. The number of thiophene rings is 1. The van der Waals surface area contributed by atoms with Gasteiger partial charge in [-0.05, 0) is 46.6 Å². The van der Waals surface area contributed by atoms with Crippen molar-refractivity contribution in [2.75, 3.05) is 13.6 Å². The standard InChI is InChI=1S/C16H21BrN2S/c1-3-12-4-6-13(7-5-12)16(9-18)19(2)10-15-8-14(17)11-20-15/h4-8,11,16H,3,9-10,18H2,1-2H3. The van der Waals surface area contributed by atoms with Gasteiger partial charge >= 0.3 is 0 Å². The first-order chi connectivity index (χ1) is 9.63. The fraction of sp³-hybridized carbons (Fsp3) is 0.375. The Kier molecular flexibility index (Phi) is 5.78. The molecule has 0 saturated heterocycles. The third-order valence-corrected chi connectivity index (χ3v) is 5.24. The lowest BCUT2D eigenvalue weighted by molar-refractivity contribution is 0.244. The fourth-order valence-electron chi connectivity index (χ4n) is 2.34. The molecule has 0 radical (unpaired) electrons. The second-order valence-corrected chi connectivity index (χ2v) is 6.90. The zero-order valence-electron chi connectivity index (χ0n) is 12.0. The largest absolute Gasteiger partial charge is 0.329 e. The number of benzene rings is 1. The number of nitrogens with zero attached hydrogens (tertiary/aromatic N) is 1. The first-order valence-electron chi connectivity index (χ1n) is 6.86. The Balaban J connectivity index is 2.09. The van der Waals surface area contributed by atoms with Crippen LogP contribution in [0.3, 0.4) is 0 Å². The van der Waals surface area contributed by atoms with E-state index >= 15 is 0 Å². The van der Waals surface area contributed by atoms with Gasteiger partial charge in [0.1, 0.15) is 0 Å². The molecule has 4 heteroatoms. The molecule has 0 bridgehead atoms.